The van der Waals surface area contributed by atoms with Crippen LogP contribution in [0.5, 0.6) is 5.75 Å². The Balaban J connectivity index is 2.04. The van der Waals surface area contributed by atoms with Crippen molar-refractivity contribution in [1.29, 1.82) is 0 Å². The second-order valence-corrected chi connectivity index (χ2v) is 5.68. The molecule has 0 radical (unpaired) electrons. The van der Waals surface area contributed by atoms with Gasteiger partial charge in [0.2, 0.25) is 0 Å². The van der Waals surface area contributed by atoms with E-state index >= 15 is 0 Å². The van der Waals surface area contributed by atoms with Crippen molar-refractivity contribution in [2.45, 2.75) is 12.7 Å². The molecule has 21 heavy (non-hydrogen) atoms. The van der Waals surface area contributed by atoms with E-state index in [0.29, 0.717) is 6.61 Å². The highest BCUT2D eigenvalue weighted by Crippen LogP contribution is 2.22. The van der Waals surface area contributed by atoms with Crippen LogP contribution >= 0.6 is 15.9 Å². The molecule has 112 valence electrons. The van der Waals surface area contributed by atoms with Gasteiger partial charge >= 0.3 is 0 Å². The van der Waals surface area contributed by atoms with Crippen LogP contribution in [0.4, 0.5) is 0 Å². The number of hydrogen-bond donors (Lipinski definition) is 1. The lowest BCUT2D eigenvalue weighted by molar-refractivity contribution is 0.0410. The predicted octanol–water partition coefficient (Wildman–Crippen LogP) is 3.94. The van der Waals surface area contributed by atoms with Gasteiger partial charge in [0.25, 0.3) is 0 Å². The Hall–Kier alpha value is -1.36. The third-order valence-electron chi connectivity index (χ3n) is 3.22. The summed E-state index contributed by atoms with van der Waals surface area (Å²) >= 11 is 3.48. The van der Waals surface area contributed by atoms with Gasteiger partial charge in [0.15, 0.2) is 0 Å². The van der Waals surface area contributed by atoms with Gasteiger partial charge in [-0.05, 0) is 42.4 Å². The number of ether oxygens (including phenoxy) is 2. The van der Waals surface area contributed by atoms with E-state index in [1.54, 1.807) is 7.11 Å². The average molecular weight is 350 g/mol. The Morgan fingerprint density at radius 3 is 2.52 bits per heavy atom. The Morgan fingerprint density at radius 1 is 1.14 bits per heavy atom. The van der Waals surface area contributed by atoms with Crippen molar-refractivity contribution in [2.24, 2.45) is 0 Å². The highest BCUT2D eigenvalue weighted by atomic mass is 79.9. The first-order chi connectivity index (χ1) is 10.2. The molecule has 4 heteroatoms. The van der Waals surface area contributed by atoms with Gasteiger partial charge in [-0.3, -0.25) is 0 Å². The maximum atomic E-state index is 6.06. The normalized spacial score (nSPS) is 12.1. The van der Waals surface area contributed by atoms with Gasteiger partial charge in [0, 0.05) is 11.0 Å². The number of likely N-dealkylation sites (N-methyl/N-ethyl adjacent to an activating group) is 1. The molecule has 0 heterocycles. The van der Waals surface area contributed by atoms with Crippen LogP contribution in [0.15, 0.2) is 53.0 Å². The van der Waals surface area contributed by atoms with Gasteiger partial charge in [0.1, 0.15) is 5.75 Å². The van der Waals surface area contributed by atoms with Crippen molar-refractivity contribution >= 4 is 15.9 Å². The summed E-state index contributed by atoms with van der Waals surface area (Å²) in [6.45, 7) is 1.35. The van der Waals surface area contributed by atoms with Gasteiger partial charge < -0.3 is 14.8 Å². The third kappa shape index (κ3) is 4.84. The van der Waals surface area contributed by atoms with Crippen molar-refractivity contribution in [1.82, 2.24) is 5.32 Å². The minimum Gasteiger partial charge on any atom is -0.497 e. The minimum atomic E-state index is 0.0138. The molecule has 0 bridgehead atoms. The summed E-state index contributed by atoms with van der Waals surface area (Å²) in [5.41, 5.74) is 2.29. The second-order valence-electron chi connectivity index (χ2n) is 4.76. The molecule has 0 aliphatic heterocycles. The monoisotopic (exact) mass is 349 g/mol. The lowest BCUT2D eigenvalue weighted by atomic mass is 10.1. The van der Waals surface area contributed by atoms with E-state index < -0.39 is 0 Å². The molecule has 1 unspecified atom stereocenters. The zero-order valence-corrected chi connectivity index (χ0v) is 13.9. The fraction of sp³-hybridized carbons (Fsp3) is 0.294. The van der Waals surface area contributed by atoms with Crippen LogP contribution in [0, 0.1) is 0 Å². The van der Waals surface area contributed by atoms with Crippen molar-refractivity contribution < 1.29 is 9.47 Å². The summed E-state index contributed by atoms with van der Waals surface area (Å²) in [5.74, 6) is 0.856. The first kappa shape index (κ1) is 16.0. The molecule has 0 spiro atoms. The molecule has 0 aliphatic carbocycles. The molecule has 0 aliphatic rings. The van der Waals surface area contributed by atoms with Crippen LogP contribution in [-0.4, -0.2) is 20.7 Å². The van der Waals surface area contributed by atoms with Crippen molar-refractivity contribution in [2.75, 3.05) is 20.7 Å². The average Bonchev–Trinajstić information content (AvgIpc) is 2.52. The number of nitrogens with one attached hydrogen (secondary N) is 1. The van der Waals surface area contributed by atoms with E-state index in [2.05, 4.69) is 33.4 Å². The van der Waals surface area contributed by atoms with E-state index in [1.165, 1.54) is 0 Å². The molecule has 1 N–H and O–H groups in total. The first-order valence-electron chi connectivity index (χ1n) is 6.87. The van der Waals surface area contributed by atoms with Crippen LogP contribution in [0.2, 0.25) is 0 Å². The van der Waals surface area contributed by atoms with Crippen molar-refractivity contribution in [3.63, 3.8) is 0 Å². The summed E-state index contributed by atoms with van der Waals surface area (Å²) in [6.07, 6.45) is 0.0138. The molecule has 3 nitrogen and oxygen atoms in total. The van der Waals surface area contributed by atoms with Gasteiger partial charge in [0.05, 0.1) is 19.8 Å². The number of benzene rings is 2. The van der Waals surface area contributed by atoms with Crippen LogP contribution in [0.1, 0.15) is 17.2 Å². The molecular formula is C17H20BrNO2. The highest BCUT2D eigenvalue weighted by molar-refractivity contribution is 9.10. The summed E-state index contributed by atoms with van der Waals surface area (Å²) < 4.78 is 12.3. The summed E-state index contributed by atoms with van der Waals surface area (Å²) in [5, 5.41) is 3.18. The summed E-state index contributed by atoms with van der Waals surface area (Å²) in [6, 6.07) is 16.2. The molecular weight excluding hydrogens is 330 g/mol. The quantitative estimate of drug-likeness (QED) is 0.821. The Kier molecular flexibility index (Phi) is 6.23. The third-order valence-corrected chi connectivity index (χ3v) is 3.71. The van der Waals surface area contributed by atoms with E-state index in [-0.39, 0.29) is 6.10 Å². The van der Waals surface area contributed by atoms with Crippen LogP contribution in [0.3, 0.4) is 0 Å². The molecule has 0 saturated heterocycles. The smallest absolute Gasteiger partial charge is 0.118 e. The molecule has 0 fully saturated rings. The minimum absolute atomic E-state index is 0.0138. The predicted molar refractivity (Wildman–Crippen MR) is 88.6 cm³/mol. The zero-order chi connectivity index (χ0) is 15.1. The standard InChI is InChI=1S/C17H20BrNO2/c1-19-11-17(14-6-8-16(20-2)9-7-14)21-12-13-4-3-5-15(18)10-13/h3-10,17,19H,11-12H2,1-2H3. The Bertz CT molecular complexity index is 557. The first-order valence-corrected chi connectivity index (χ1v) is 7.67. The van der Waals surface area contributed by atoms with Crippen LogP contribution in [-0.2, 0) is 11.3 Å². The van der Waals surface area contributed by atoms with Gasteiger partial charge in [-0.15, -0.1) is 0 Å². The zero-order valence-electron chi connectivity index (χ0n) is 12.3. The van der Waals surface area contributed by atoms with Crippen molar-refractivity contribution in [3.8, 4) is 5.75 Å². The number of halogens is 1. The van der Waals surface area contributed by atoms with E-state index in [4.69, 9.17) is 9.47 Å². The molecule has 0 amide bonds. The van der Waals surface area contributed by atoms with E-state index in [0.717, 1.165) is 27.9 Å². The molecule has 2 aromatic carbocycles. The fourth-order valence-corrected chi connectivity index (χ4v) is 2.55. The van der Waals surface area contributed by atoms with Crippen LogP contribution in [0.25, 0.3) is 0 Å². The molecule has 2 aromatic rings. The largest absolute Gasteiger partial charge is 0.497 e. The number of methoxy groups -OCH3 is 1. The summed E-state index contributed by atoms with van der Waals surface area (Å²) in [7, 11) is 3.60. The Morgan fingerprint density at radius 2 is 1.90 bits per heavy atom. The van der Waals surface area contributed by atoms with Crippen molar-refractivity contribution in [3.05, 3.63) is 64.1 Å². The maximum Gasteiger partial charge on any atom is 0.118 e. The highest BCUT2D eigenvalue weighted by Gasteiger charge is 2.11. The molecule has 1 atom stereocenters. The fourth-order valence-electron chi connectivity index (χ4n) is 2.10. The van der Waals surface area contributed by atoms with Crippen LogP contribution < -0.4 is 10.1 Å². The van der Waals surface area contributed by atoms with Gasteiger partial charge in [-0.2, -0.15) is 0 Å². The topological polar surface area (TPSA) is 30.5 Å². The molecule has 2 rings (SSSR count). The molecule has 0 aromatic heterocycles. The lowest BCUT2D eigenvalue weighted by Crippen LogP contribution is -2.19. The van der Waals surface area contributed by atoms with Gasteiger partial charge in [-0.1, -0.05) is 40.2 Å². The Labute approximate surface area is 134 Å². The van der Waals surface area contributed by atoms with E-state index in [1.807, 2.05) is 43.4 Å². The maximum absolute atomic E-state index is 6.06. The van der Waals surface area contributed by atoms with E-state index in [9.17, 15) is 0 Å². The molecule has 0 saturated carbocycles. The second kappa shape index (κ2) is 8.17. The summed E-state index contributed by atoms with van der Waals surface area (Å²) in [4.78, 5) is 0. The van der Waals surface area contributed by atoms with Gasteiger partial charge in [-0.25, -0.2) is 0 Å². The SMILES string of the molecule is CNCC(OCc1cccc(Br)c1)c1ccc(OC)cc1. The number of hydrogen-bond acceptors (Lipinski definition) is 3. The number of rotatable bonds is 7. The lowest BCUT2D eigenvalue weighted by Gasteiger charge is -2.18.